The van der Waals surface area contributed by atoms with Crippen molar-refractivity contribution in [3.05, 3.63) is 34.9 Å². The van der Waals surface area contributed by atoms with Gasteiger partial charge in [0.1, 0.15) is 0 Å². The van der Waals surface area contributed by atoms with Gasteiger partial charge < -0.3 is 5.73 Å². The lowest BCUT2D eigenvalue weighted by Gasteiger charge is -2.17. The molecule has 0 aromatic heterocycles. The zero-order valence-electron chi connectivity index (χ0n) is 11.1. The summed E-state index contributed by atoms with van der Waals surface area (Å²) in [6.45, 7) is 8.78. The number of hydrogen-bond donors (Lipinski definition) is 1. The third kappa shape index (κ3) is 3.30. The van der Waals surface area contributed by atoms with Crippen LogP contribution in [0.15, 0.2) is 18.2 Å². The highest BCUT2D eigenvalue weighted by atomic mass is 15.1. The standard InChI is InChI=1S/C15H24N2/c1-12-3-4-13(2)15(9-12)11-17-8-6-14(10-17)5-7-16/h3-4,9,14H,5-8,10-11,16H2,1-2H3. The van der Waals surface area contributed by atoms with E-state index in [1.807, 2.05) is 0 Å². The van der Waals surface area contributed by atoms with Crippen molar-refractivity contribution < 1.29 is 0 Å². The molecule has 0 amide bonds. The normalized spacial score (nSPS) is 21.0. The summed E-state index contributed by atoms with van der Waals surface area (Å²) >= 11 is 0. The Hall–Kier alpha value is -0.860. The highest BCUT2D eigenvalue weighted by Crippen LogP contribution is 2.22. The quantitative estimate of drug-likeness (QED) is 0.864. The van der Waals surface area contributed by atoms with Crippen molar-refractivity contribution in [3.63, 3.8) is 0 Å². The number of rotatable bonds is 4. The summed E-state index contributed by atoms with van der Waals surface area (Å²) < 4.78 is 0. The van der Waals surface area contributed by atoms with Gasteiger partial charge in [-0.15, -0.1) is 0 Å². The van der Waals surface area contributed by atoms with Gasteiger partial charge in [0, 0.05) is 13.1 Å². The van der Waals surface area contributed by atoms with Crippen molar-refractivity contribution in [3.8, 4) is 0 Å². The largest absolute Gasteiger partial charge is 0.330 e. The molecule has 0 aliphatic carbocycles. The van der Waals surface area contributed by atoms with E-state index >= 15 is 0 Å². The van der Waals surface area contributed by atoms with Crippen molar-refractivity contribution in [2.45, 2.75) is 33.2 Å². The molecular formula is C15H24N2. The zero-order valence-corrected chi connectivity index (χ0v) is 11.1. The van der Waals surface area contributed by atoms with Crippen LogP contribution in [0.2, 0.25) is 0 Å². The van der Waals surface area contributed by atoms with Gasteiger partial charge in [-0.3, -0.25) is 4.90 Å². The van der Waals surface area contributed by atoms with E-state index in [2.05, 4.69) is 36.9 Å². The van der Waals surface area contributed by atoms with Crippen LogP contribution in [0.3, 0.4) is 0 Å². The summed E-state index contributed by atoms with van der Waals surface area (Å²) in [5.74, 6) is 0.824. The van der Waals surface area contributed by atoms with Crippen LogP contribution in [0.4, 0.5) is 0 Å². The molecule has 94 valence electrons. The first-order valence-electron chi connectivity index (χ1n) is 6.67. The lowest BCUT2D eigenvalue weighted by molar-refractivity contribution is 0.313. The average Bonchev–Trinajstić information content (AvgIpc) is 2.72. The molecule has 1 aliphatic heterocycles. The highest BCUT2D eigenvalue weighted by molar-refractivity contribution is 5.30. The molecule has 1 fully saturated rings. The van der Waals surface area contributed by atoms with E-state index in [1.165, 1.54) is 42.6 Å². The second-order valence-corrected chi connectivity index (χ2v) is 5.40. The van der Waals surface area contributed by atoms with Gasteiger partial charge in [-0.1, -0.05) is 23.8 Å². The Morgan fingerprint density at radius 3 is 2.94 bits per heavy atom. The molecule has 2 rings (SSSR count). The molecule has 0 saturated carbocycles. The second kappa shape index (κ2) is 5.65. The predicted molar refractivity (Wildman–Crippen MR) is 73.0 cm³/mol. The van der Waals surface area contributed by atoms with Gasteiger partial charge in [0.25, 0.3) is 0 Å². The SMILES string of the molecule is Cc1ccc(C)c(CN2CCC(CCN)C2)c1. The predicted octanol–water partition coefficient (Wildman–Crippen LogP) is 2.47. The van der Waals surface area contributed by atoms with Crippen molar-refractivity contribution >= 4 is 0 Å². The van der Waals surface area contributed by atoms with Crippen LogP contribution in [0, 0.1) is 19.8 Å². The number of benzene rings is 1. The van der Waals surface area contributed by atoms with E-state index in [0.29, 0.717) is 0 Å². The Labute approximate surface area is 105 Å². The average molecular weight is 232 g/mol. The molecule has 0 spiro atoms. The van der Waals surface area contributed by atoms with E-state index in [4.69, 9.17) is 5.73 Å². The van der Waals surface area contributed by atoms with Crippen LogP contribution in [-0.2, 0) is 6.54 Å². The van der Waals surface area contributed by atoms with E-state index < -0.39 is 0 Å². The first-order chi connectivity index (χ1) is 8.19. The summed E-state index contributed by atoms with van der Waals surface area (Å²) in [6, 6.07) is 6.75. The third-order valence-corrected chi connectivity index (χ3v) is 3.84. The van der Waals surface area contributed by atoms with E-state index in [9.17, 15) is 0 Å². The molecule has 1 atom stereocenters. The Morgan fingerprint density at radius 1 is 1.35 bits per heavy atom. The Balaban J connectivity index is 1.95. The minimum absolute atomic E-state index is 0.824. The van der Waals surface area contributed by atoms with Gasteiger partial charge in [0.15, 0.2) is 0 Å². The smallest absolute Gasteiger partial charge is 0.0236 e. The summed E-state index contributed by atoms with van der Waals surface area (Å²) in [5, 5.41) is 0. The topological polar surface area (TPSA) is 29.3 Å². The third-order valence-electron chi connectivity index (χ3n) is 3.84. The number of nitrogens with zero attached hydrogens (tertiary/aromatic N) is 1. The molecule has 2 nitrogen and oxygen atoms in total. The Kier molecular flexibility index (Phi) is 4.19. The van der Waals surface area contributed by atoms with Gasteiger partial charge in [0.2, 0.25) is 0 Å². The molecule has 0 bridgehead atoms. The first-order valence-corrected chi connectivity index (χ1v) is 6.67. The molecule has 1 heterocycles. The second-order valence-electron chi connectivity index (χ2n) is 5.40. The summed E-state index contributed by atoms with van der Waals surface area (Å²) in [6.07, 6.45) is 2.51. The minimum Gasteiger partial charge on any atom is -0.330 e. The maximum Gasteiger partial charge on any atom is 0.0236 e. The molecule has 1 aromatic carbocycles. The van der Waals surface area contributed by atoms with Crippen LogP contribution in [0.25, 0.3) is 0 Å². The fourth-order valence-electron chi connectivity index (χ4n) is 2.74. The maximum atomic E-state index is 5.63. The Morgan fingerprint density at radius 2 is 2.18 bits per heavy atom. The van der Waals surface area contributed by atoms with Gasteiger partial charge >= 0.3 is 0 Å². The van der Waals surface area contributed by atoms with Gasteiger partial charge in [-0.25, -0.2) is 0 Å². The molecule has 1 aliphatic rings. The van der Waals surface area contributed by atoms with Gasteiger partial charge in [-0.2, -0.15) is 0 Å². The van der Waals surface area contributed by atoms with Crippen molar-refractivity contribution in [2.75, 3.05) is 19.6 Å². The Bertz CT molecular complexity index is 373. The van der Waals surface area contributed by atoms with Crippen molar-refractivity contribution in [1.29, 1.82) is 0 Å². The number of hydrogen-bond acceptors (Lipinski definition) is 2. The summed E-state index contributed by atoms with van der Waals surface area (Å²) in [4.78, 5) is 2.57. The number of aryl methyl sites for hydroxylation is 2. The van der Waals surface area contributed by atoms with Crippen molar-refractivity contribution in [2.24, 2.45) is 11.7 Å². The fourth-order valence-corrected chi connectivity index (χ4v) is 2.74. The molecule has 1 saturated heterocycles. The fraction of sp³-hybridized carbons (Fsp3) is 0.600. The lowest BCUT2D eigenvalue weighted by atomic mass is 10.0. The maximum absolute atomic E-state index is 5.63. The molecular weight excluding hydrogens is 208 g/mol. The minimum atomic E-state index is 0.824. The van der Waals surface area contributed by atoms with Crippen molar-refractivity contribution in [1.82, 2.24) is 4.90 Å². The highest BCUT2D eigenvalue weighted by Gasteiger charge is 2.21. The monoisotopic (exact) mass is 232 g/mol. The van der Waals surface area contributed by atoms with Crippen LogP contribution in [0.5, 0.6) is 0 Å². The number of likely N-dealkylation sites (tertiary alicyclic amines) is 1. The summed E-state index contributed by atoms with van der Waals surface area (Å²) in [5.41, 5.74) is 9.90. The molecule has 17 heavy (non-hydrogen) atoms. The van der Waals surface area contributed by atoms with E-state index in [-0.39, 0.29) is 0 Å². The molecule has 2 N–H and O–H groups in total. The van der Waals surface area contributed by atoms with Crippen LogP contribution in [-0.4, -0.2) is 24.5 Å². The van der Waals surface area contributed by atoms with Crippen LogP contribution >= 0.6 is 0 Å². The molecule has 0 radical (unpaired) electrons. The first kappa shape index (κ1) is 12.6. The summed E-state index contributed by atoms with van der Waals surface area (Å²) in [7, 11) is 0. The number of nitrogens with two attached hydrogens (primary N) is 1. The van der Waals surface area contributed by atoms with Gasteiger partial charge in [-0.05, 0) is 56.8 Å². The van der Waals surface area contributed by atoms with Gasteiger partial charge in [0.05, 0.1) is 0 Å². The molecule has 1 aromatic rings. The van der Waals surface area contributed by atoms with E-state index in [1.54, 1.807) is 0 Å². The molecule has 1 unspecified atom stereocenters. The van der Waals surface area contributed by atoms with Crippen LogP contribution in [0.1, 0.15) is 29.5 Å². The van der Waals surface area contributed by atoms with E-state index in [0.717, 1.165) is 19.0 Å². The van der Waals surface area contributed by atoms with Crippen LogP contribution < -0.4 is 5.73 Å². The lowest BCUT2D eigenvalue weighted by Crippen LogP contribution is -2.21. The molecule has 2 heteroatoms. The zero-order chi connectivity index (χ0) is 12.3.